The Balaban J connectivity index is 1.84. The van der Waals surface area contributed by atoms with E-state index in [4.69, 9.17) is 0 Å². The van der Waals surface area contributed by atoms with E-state index >= 15 is 0 Å². The summed E-state index contributed by atoms with van der Waals surface area (Å²) in [6.45, 7) is 8.29. The smallest absolute Gasteiger partial charge is 0.217 e. The Kier molecular flexibility index (Phi) is 5.20. The van der Waals surface area contributed by atoms with Gasteiger partial charge in [0.15, 0.2) is 0 Å². The van der Waals surface area contributed by atoms with E-state index in [-0.39, 0.29) is 12.5 Å². The maximum atomic E-state index is 14.5. The van der Waals surface area contributed by atoms with Gasteiger partial charge in [0, 0.05) is 25.1 Å². The lowest BCUT2D eigenvalue weighted by molar-refractivity contribution is -0.120. The molecule has 3 rings (SSSR count). The summed E-state index contributed by atoms with van der Waals surface area (Å²) in [5.74, 6) is 1.20. The lowest BCUT2D eigenvalue weighted by atomic mass is 10.0. The molecule has 138 valence electrons. The summed E-state index contributed by atoms with van der Waals surface area (Å²) in [7, 11) is 0. The average Bonchev–Trinajstić information content (AvgIpc) is 2.58. The Morgan fingerprint density at radius 1 is 1.19 bits per heavy atom. The summed E-state index contributed by atoms with van der Waals surface area (Å²) in [5, 5.41) is 2.69. The normalized spacial score (nSPS) is 20.1. The molecule has 1 aliphatic rings. The fourth-order valence-electron chi connectivity index (χ4n) is 3.30. The molecular formula is C20H25FN4O. The van der Waals surface area contributed by atoms with E-state index in [0.717, 1.165) is 17.1 Å². The summed E-state index contributed by atoms with van der Waals surface area (Å²) < 4.78 is 14.5. The van der Waals surface area contributed by atoms with Gasteiger partial charge in [0.1, 0.15) is 17.8 Å². The highest BCUT2D eigenvalue weighted by Crippen LogP contribution is 2.26. The second kappa shape index (κ2) is 7.40. The minimum Gasteiger partial charge on any atom is -0.353 e. The molecule has 1 fully saturated rings. The molecule has 2 atom stereocenters. The summed E-state index contributed by atoms with van der Waals surface area (Å²) in [6.07, 6.45) is -0.559. The maximum absolute atomic E-state index is 14.5. The van der Waals surface area contributed by atoms with Crippen molar-refractivity contribution >= 4 is 11.7 Å². The van der Waals surface area contributed by atoms with Crippen LogP contribution in [0.25, 0.3) is 11.3 Å². The molecule has 0 bridgehead atoms. The van der Waals surface area contributed by atoms with E-state index in [1.54, 1.807) is 0 Å². The van der Waals surface area contributed by atoms with Gasteiger partial charge in [0.2, 0.25) is 5.91 Å². The molecule has 1 aromatic carbocycles. The molecule has 5 nitrogen and oxygen atoms in total. The number of carbonyl (C=O) groups is 1. The Labute approximate surface area is 153 Å². The number of nitrogens with one attached hydrogen (secondary N) is 1. The number of nitrogens with zero attached hydrogens (tertiary/aromatic N) is 3. The van der Waals surface area contributed by atoms with Crippen molar-refractivity contribution in [3.63, 3.8) is 0 Å². The first-order chi connectivity index (χ1) is 12.3. The van der Waals surface area contributed by atoms with Gasteiger partial charge in [-0.15, -0.1) is 0 Å². The van der Waals surface area contributed by atoms with Gasteiger partial charge in [-0.25, -0.2) is 14.4 Å². The zero-order chi connectivity index (χ0) is 18.8. The molecule has 1 amide bonds. The molecule has 2 aromatic rings. The highest BCUT2D eigenvalue weighted by atomic mass is 19.1. The van der Waals surface area contributed by atoms with Gasteiger partial charge in [-0.05, 0) is 44.4 Å². The second-order valence-corrected chi connectivity index (χ2v) is 7.02. The molecule has 0 radical (unpaired) electrons. The van der Waals surface area contributed by atoms with E-state index in [0.29, 0.717) is 18.8 Å². The van der Waals surface area contributed by atoms with Gasteiger partial charge in [0.05, 0.1) is 18.3 Å². The zero-order valence-corrected chi connectivity index (χ0v) is 15.7. The number of piperidine rings is 1. The molecular weight excluding hydrogens is 331 g/mol. The average molecular weight is 356 g/mol. The minimum atomic E-state index is -1.12. The number of carbonyl (C=O) groups excluding carboxylic acids is 1. The van der Waals surface area contributed by atoms with E-state index < -0.39 is 12.2 Å². The highest BCUT2D eigenvalue weighted by molar-refractivity contribution is 5.73. The minimum absolute atomic E-state index is 0.194. The van der Waals surface area contributed by atoms with E-state index in [1.807, 2.05) is 17.9 Å². The van der Waals surface area contributed by atoms with Crippen molar-refractivity contribution in [1.29, 1.82) is 0 Å². The topological polar surface area (TPSA) is 58.1 Å². The molecule has 1 saturated heterocycles. The van der Waals surface area contributed by atoms with Crippen LogP contribution in [-0.4, -0.2) is 41.2 Å². The summed E-state index contributed by atoms with van der Waals surface area (Å²) in [4.78, 5) is 22.2. The SMILES string of the molecule is CC(=O)N[C@H]1CCN(c2cc(-c3ccc(C)c(C)c3)nc(C)n2)C[C@@H]1F. The molecule has 26 heavy (non-hydrogen) atoms. The lowest BCUT2D eigenvalue weighted by Gasteiger charge is -2.35. The van der Waals surface area contributed by atoms with Crippen LogP contribution in [0.4, 0.5) is 10.2 Å². The van der Waals surface area contributed by atoms with Crippen molar-refractivity contribution in [1.82, 2.24) is 15.3 Å². The van der Waals surface area contributed by atoms with Crippen LogP contribution in [0.1, 0.15) is 30.3 Å². The fraction of sp³-hybridized carbons (Fsp3) is 0.450. The van der Waals surface area contributed by atoms with Gasteiger partial charge in [-0.3, -0.25) is 4.79 Å². The van der Waals surface area contributed by atoms with Crippen molar-refractivity contribution < 1.29 is 9.18 Å². The van der Waals surface area contributed by atoms with Crippen LogP contribution in [0.15, 0.2) is 24.3 Å². The van der Waals surface area contributed by atoms with Gasteiger partial charge in [-0.2, -0.15) is 0 Å². The van der Waals surface area contributed by atoms with Crippen LogP contribution in [0.5, 0.6) is 0 Å². The first-order valence-electron chi connectivity index (χ1n) is 8.93. The predicted octanol–water partition coefficient (Wildman–Crippen LogP) is 3.12. The van der Waals surface area contributed by atoms with Crippen LogP contribution in [0, 0.1) is 20.8 Å². The Morgan fingerprint density at radius 2 is 1.96 bits per heavy atom. The standard InChI is InChI=1S/C20H25FN4O/c1-12-5-6-16(9-13(12)2)19-10-20(23-14(3)22-19)25-8-7-18(17(21)11-25)24-15(4)26/h5-6,9-10,17-18H,7-8,11H2,1-4H3,(H,24,26)/t17-,18-/m0/s1. The number of anilines is 1. The van der Waals surface area contributed by atoms with Gasteiger partial charge >= 0.3 is 0 Å². The third kappa shape index (κ3) is 4.00. The second-order valence-electron chi connectivity index (χ2n) is 7.02. The third-order valence-corrected chi connectivity index (χ3v) is 4.88. The molecule has 6 heteroatoms. The van der Waals surface area contributed by atoms with Gasteiger partial charge in [-0.1, -0.05) is 12.1 Å². The number of aromatic nitrogens is 2. The summed E-state index contributed by atoms with van der Waals surface area (Å²) in [5.41, 5.74) is 4.32. The van der Waals surface area contributed by atoms with Crippen molar-refractivity contribution in [3.05, 3.63) is 41.2 Å². The summed E-state index contributed by atoms with van der Waals surface area (Å²) in [6, 6.07) is 7.74. The van der Waals surface area contributed by atoms with E-state index in [2.05, 4.69) is 47.3 Å². The number of alkyl halides is 1. The molecule has 0 spiro atoms. The fourth-order valence-corrected chi connectivity index (χ4v) is 3.30. The van der Waals surface area contributed by atoms with Crippen LogP contribution in [0.3, 0.4) is 0 Å². The molecule has 1 N–H and O–H groups in total. The number of halogens is 1. The molecule has 0 aliphatic carbocycles. The zero-order valence-electron chi connectivity index (χ0n) is 15.7. The molecule has 2 heterocycles. The number of benzene rings is 1. The third-order valence-electron chi connectivity index (χ3n) is 4.88. The predicted molar refractivity (Wildman–Crippen MR) is 101 cm³/mol. The number of hydrogen-bond donors (Lipinski definition) is 1. The number of hydrogen-bond acceptors (Lipinski definition) is 4. The van der Waals surface area contributed by atoms with Crippen molar-refractivity contribution in [2.24, 2.45) is 0 Å². The monoisotopic (exact) mass is 356 g/mol. The number of amides is 1. The molecule has 1 aromatic heterocycles. The Bertz CT molecular complexity index is 823. The Hall–Kier alpha value is -2.50. The molecule has 0 unspecified atom stereocenters. The maximum Gasteiger partial charge on any atom is 0.217 e. The quantitative estimate of drug-likeness (QED) is 0.918. The lowest BCUT2D eigenvalue weighted by Crippen LogP contribution is -2.52. The van der Waals surface area contributed by atoms with Crippen molar-refractivity contribution in [2.75, 3.05) is 18.0 Å². The van der Waals surface area contributed by atoms with Gasteiger partial charge in [0.25, 0.3) is 0 Å². The first-order valence-corrected chi connectivity index (χ1v) is 8.93. The number of aryl methyl sites for hydroxylation is 3. The van der Waals surface area contributed by atoms with Crippen LogP contribution in [0.2, 0.25) is 0 Å². The molecule has 0 saturated carbocycles. The number of rotatable bonds is 3. The van der Waals surface area contributed by atoms with E-state index in [1.165, 1.54) is 18.1 Å². The van der Waals surface area contributed by atoms with Crippen LogP contribution in [-0.2, 0) is 4.79 Å². The van der Waals surface area contributed by atoms with Crippen molar-refractivity contribution in [2.45, 2.75) is 46.3 Å². The van der Waals surface area contributed by atoms with Crippen LogP contribution >= 0.6 is 0 Å². The largest absolute Gasteiger partial charge is 0.353 e. The van der Waals surface area contributed by atoms with Crippen LogP contribution < -0.4 is 10.2 Å². The Morgan fingerprint density at radius 3 is 2.62 bits per heavy atom. The molecule has 1 aliphatic heterocycles. The van der Waals surface area contributed by atoms with Crippen molar-refractivity contribution in [3.8, 4) is 11.3 Å². The highest BCUT2D eigenvalue weighted by Gasteiger charge is 2.30. The van der Waals surface area contributed by atoms with E-state index in [9.17, 15) is 9.18 Å². The first kappa shape index (κ1) is 18.3. The van der Waals surface area contributed by atoms with Gasteiger partial charge < -0.3 is 10.2 Å². The summed E-state index contributed by atoms with van der Waals surface area (Å²) >= 11 is 0.